The van der Waals surface area contributed by atoms with Crippen LogP contribution in [0.3, 0.4) is 0 Å². The van der Waals surface area contributed by atoms with Crippen LogP contribution in [0, 0.1) is 22.5 Å². The molecule has 3 aromatic rings. The molecule has 192 valence electrons. The number of carbonyl (C=O) groups excluding carboxylic acids is 1. The average Bonchev–Trinajstić information content (AvgIpc) is 3.33. The molecule has 4 rings (SSSR count). The number of pyridine rings is 1. The smallest absolute Gasteiger partial charge is 0.358 e. The number of benzene rings is 1. The van der Waals surface area contributed by atoms with Crippen molar-refractivity contribution in [2.24, 2.45) is 4.99 Å². The van der Waals surface area contributed by atoms with Gasteiger partial charge in [0.15, 0.2) is 5.78 Å². The third-order valence-electron chi connectivity index (χ3n) is 5.88. The molecule has 38 heavy (non-hydrogen) atoms. The monoisotopic (exact) mass is 530 g/mol. The van der Waals surface area contributed by atoms with E-state index in [2.05, 4.69) is 31.2 Å². The largest absolute Gasteiger partial charge is 0.368 e. The molecule has 2 aromatic heterocycles. The van der Waals surface area contributed by atoms with Gasteiger partial charge < -0.3 is 19.9 Å². The van der Waals surface area contributed by atoms with E-state index in [1.807, 2.05) is 14.1 Å². The summed E-state index contributed by atoms with van der Waals surface area (Å²) in [5, 5.41) is 15.6. The third kappa shape index (κ3) is 6.45. The van der Waals surface area contributed by atoms with Crippen molar-refractivity contribution < 1.29 is 14.2 Å². The number of nitrogens with zero attached hydrogens (tertiary/aromatic N) is 6. The Morgan fingerprint density at radius 2 is 2.11 bits per heavy atom. The quantitative estimate of drug-likeness (QED) is 0.137. The lowest BCUT2D eigenvalue weighted by Crippen LogP contribution is -2.41. The molecule has 0 spiro atoms. The molecular weight excluding hydrogens is 506 g/mol. The van der Waals surface area contributed by atoms with Crippen LogP contribution in [0.2, 0.25) is 5.02 Å². The molecule has 0 atom stereocenters. The normalized spacial score (nSPS) is 13.3. The van der Waals surface area contributed by atoms with E-state index in [1.165, 1.54) is 12.4 Å². The molecule has 0 unspecified atom stereocenters. The van der Waals surface area contributed by atoms with Gasteiger partial charge in [-0.3, -0.25) is 9.78 Å². The van der Waals surface area contributed by atoms with E-state index in [-0.39, 0.29) is 18.0 Å². The first kappa shape index (κ1) is 26.6. The van der Waals surface area contributed by atoms with Gasteiger partial charge in [-0.2, -0.15) is 0 Å². The van der Waals surface area contributed by atoms with Crippen molar-refractivity contribution in [2.75, 3.05) is 32.5 Å². The SMILES string of the molecule is C#Cc1cc(Nc2ncnc3cnc(CC(=O)/C=C/C[N+](C)(C)CC4=C([N+](=O)[O-])N=CC4)cc23)ccc1Cl. The molecule has 10 nitrogen and oxygen atoms in total. The van der Waals surface area contributed by atoms with Crippen molar-refractivity contribution in [3.63, 3.8) is 0 Å². The number of nitrogens with one attached hydrogen (secondary N) is 1. The molecule has 0 amide bonds. The summed E-state index contributed by atoms with van der Waals surface area (Å²) in [5.74, 6) is 2.90. The molecule has 11 heteroatoms. The standard InChI is InChI=1S/C27H25ClN7O3/c1-4-18-12-20(7-8-24(18)28)33-26-23-14-21(30-15-25(23)31-17-32-26)13-22(36)6-5-11-35(2,3)16-19-9-10-29-27(19)34(37)38/h1,5-8,10,12,14-15,17H,9,11,13,16H2,2-3H3,(H,31,32,33)/q+1/b6-5+. The fourth-order valence-electron chi connectivity index (χ4n) is 4.07. The highest BCUT2D eigenvalue weighted by Crippen LogP contribution is 2.26. The van der Waals surface area contributed by atoms with Gasteiger partial charge in [0.25, 0.3) is 0 Å². The highest BCUT2D eigenvalue weighted by atomic mass is 35.5. The van der Waals surface area contributed by atoms with Crippen LogP contribution in [-0.2, 0) is 11.2 Å². The highest BCUT2D eigenvalue weighted by molar-refractivity contribution is 6.31. The lowest BCUT2D eigenvalue weighted by molar-refractivity contribution is -0.880. The Hall–Kier alpha value is -4.46. The summed E-state index contributed by atoms with van der Waals surface area (Å²) in [4.78, 5) is 40.2. The maximum Gasteiger partial charge on any atom is 0.368 e. The molecule has 1 N–H and O–H groups in total. The van der Waals surface area contributed by atoms with Gasteiger partial charge in [0.1, 0.15) is 24.9 Å². The number of ketones is 1. The first-order valence-electron chi connectivity index (χ1n) is 11.7. The third-order valence-corrected chi connectivity index (χ3v) is 6.21. The summed E-state index contributed by atoms with van der Waals surface area (Å²) in [6.45, 7) is 0.987. The maximum absolute atomic E-state index is 12.7. The summed E-state index contributed by atoms with van der Waals surface area (Å²) in [6.07, 6.45) is 14.0. The zero-order valence-corrected chi connectivity index (χ0v) is 21.6. The number of aliphatic imine (C=N–C) groups is 1. The Balaban J connectivity index is 1.43. The molecule has 0 saturated heterocycles. The van der Waals surface area contributed by atoms with Gasteiger partial charge in [-0.05, 0) is 41.3 Å². The Kier molecular flexibility index (Phi) is 7.90. The molecule has 0 saturated carbocycles. The van der Waals surface area contributed by atoms with Crippen LogP contribution >= 0.6 is 11.6 Å². The van der Waals surface area contributed by atoms with Crippen LogP contribution in [0.15, 0.2) is 65.3 Å². The van der Waals surface area contributed by atoms with Gasteiger partial charge in [-0.1, -0.05) is 22.5 Å². The summed E-state index contributed by atoms with van der Waals surface area (Å²) >= 11 is 6.11. The lowest BCUT2D eigenvalue weighted by Gasteiger charge is -2.28. The number of hydrogen-bond acceptors (Lipinski definition) is 8. The van der Waals surface area contributed by atoms with Gasteiger partial charge >= 0.3 is 5.82 Å². The summed E-state index contributed by atoms with van der Waals surface area (Å²) in [5.41, 5.74) is 3.15. The minimum Gasteiger partial charge on any atom is -0.358 e. The fraction of sp³-hybridized carbons (Fsp3) is 0.222. The summed E-state index contributed by atoms with van der Waals surface area (Å²) < 4.78 is 0.451. The summed E-state index contributed by atoms with van der Waals surface area (Å²) in [6, 6.07) is 7.04. The van der Waals surface area contributed by atoms with Crippen molar-refractivity contribution in [1.29, 1.82) is 0 Å². The van der Waals surface area contributed by atoms with E-state index in [0.717, 1.165) is 0 Å². The number of allylic oxidation sites excluding steroid dienone is 1. The van der Waals surface area contributed by atoms with Crippen LogP contribution in [0.4, 0.5) is 11.5 Å². The minimum absolute atomic E-state index is 0.0796. The van der Waals surface area contributed by atoms with E-state index < -0.39 is 4.92 Å². The van der Waals surface area contributed by atoms with Crippen molar-refractivity contribution in [1.82, 2.24) is 15.0 Å². The van der Waals surface area contributed by atoms with Crippen molar-refractivity contribution in [3.05, 3.63) is 86.7 Å². The first-order valence-corrected chi connectivity index (χ1v) is 12.1. The Bertz CT molecular complexity index is 1550. The van der Waals surface area contributed by atoms with Crippen molar-refractivity contribution in [2.45, 2.75) is 12.8 Å². The molecule has 0 fully saturated rings. The Morgan fingerprint density at radius 1 is 1.29 bits per heavy atom. The number of terminal acetylenes is 1. The van der Waals surface area contributed by atoms with E-state index in [0.29, 0.717) is 68.3 Å². The van der Waals surface area contributed by atoms with Crippen LogP contribution in [0.1, 0.15) is 17.7 Å². The number of hydrogen-bond donors (Lipinski definition) is 1. The van der Waals surface area contributed by atoms with Crippen LogP contribution < -0.4 is 5.32 Å². The second-order valence-electron chi connectivity index (χ2n) is 9.40. The molecular formula is C27H25ClN7O3+. The number of aromatic nitrogens is 3. The van der Waals surface area contributed by atoms with E-state index in [4.69, 9.17) is 18.0 Å². The van der Waals surface area contributed by atoms with Crippen LogP contribution in [0.5, 0.6) is 0 Å². The van der Waals surface area contributed by atoms with Crippen LogP contribution in [0.25, 0.3) is 10.9 Å². The van der Waals surface area contributed by atoms with Crippen LogP contribution in [-0.4, -0.2) is 63.5 Å². The predicted octanol–water partition coefficient (Wildman–Crippen LogP) is 4.11. The summed E-state index contributed by atoms with van der Waals surface area (Å²) in [7, 11) is 3.90. The van der Waals surface area contributed by atoms with E-state index in [1.54, 1.807) is 42.8 Å². The Labute approximate surface area is 224 Å². The van der Waals surface area contributed by atoms with Gasteiger partial charge in [-0.25, -0.2) is 9.97 Å². The van der Waals surface area contributed by atoms with E-state index in [9.17, 15) is 14.9 Å². The molecule has 1 aliphatic heterocycles. The topological polar surface area (TPSA) is 123 Å². The molecule has 1 aromatic carbocycles. The minimum atomic E-state index is -0.454. The number of likely N-dealkylation sites (N-methyl/N-ethyl adjacent to an activating group) is 1. The number of nitro groups is 1. The number of halogens is 1. The van der Waals surface area contributed by atoms with Crippen molar-refractivity contribution >= 4 is 46.0 Å². The van der Waals surface area contributed by atoms with Crippen molar-refractivity contribution in [3.8, 4) is 12.3 Å². The molecule has 0 radical (unpaired) electrons. The number of fused-ring (bicyclic) bond motifs is 1. The maximum atomic E-state index is 12.7. The predicted molar refractivity (Wildman–Crippen MR) is 147 cm³/mol. The molecule has 0 aliphatic carbocycles. The molecule has 1 aliphatic rings. The van der Waals surface area contributed by atoms with E-state index >= 15 is 0 Å². The number of carbonyl (C=O) groups is 1. The molecule has 3 heterocycles. The lowest BCUT2D eigenvalue weighted by atomic mass is 10.1. The average molecular weight is 531 g/mol. The van der Waals surface area contributed by atoms with Gasteiger partial charge in [0.05, 0.1) is 49.4 Å². The van der Waals surface area contributed by atoms with Gasteiger partial charge in [0.2, 0.25) is 0 Å². The second kappa shape index (κ2) is 11.3. The molecule has 0 bridgehead atoms. The fourth-order valence-corrected chi connectivity index (χ4v) is 4.25. The first-order chi connectivity index (χ1) is 18.1. The highest BCUT2D eigenvalue weighted by Gasteiger charge is 2.28. The van der Waals surface area contributed by atoms with Gasteiger partial charge in [-0.15, -0.1) is 6.42 Å². The number of rotatable bonds is 10. The zero-order chi connectivity index (χ0) is 27.3. The number of quaternary nitrogens is 1. The zero-order valence-electron chi connectivity index (χ0n) is 20.9. The number of anilines is 2. The Morgan fingerprint density at radius 3 is 2.87 bits per heavy atom. The van der Waals surface area contributed by atoms with Gasteiger partial charge in [0, 0.05) is 28.8 Å². The second-order valence-corrected chi connectivity index (χ2v) is 9.81.